The van der Waals surface area contributed by atoms with E-state index < -0.39 is 21.9 Å². The van der Waals surface area contributed by atoms with Gasteiger partial charge in [-0.25, -0.2) is 8.42 Å². The van der Waals surface area contributed by atoms with Gasteiger partial charge in [0.05, 0.1) is 22.2 Å². The van der Waals surface area contributed by atoms with Crippen molar-refractivity contribution in [2.75, 3.05) is 13.7 Å². The lowest BCUT2D eigenvalue weighted by molar-refractivity contribution is -0.141. The third-order valence-electron chi connectivity index (χ3n) is 6.66. The lowest BCUT2D eigenvalue weighted by Gasteiger charge is -2.28. The number of thiazole rings is 1. The van der Waals surface area contributed by atoms with Gasteiger partial charge in [0.1, 0.15) is 6.54 Å². The van der Waals surface area contributed by atoms with Gasteiger partial charge in [0.15, 0.2) is 4.80 Å². The highest BCUT2D eigenvalue weighted by molar-refractivity contribution is 7.89. The summed E-state index contributed by atoms with van der Waals surface area (Å²) in [4.78, 5) is 30.0. The Morgan fingerprint density at radius 3 is 2.45 bits per heavy atom. The summed E-state index contributed by atoms with van der Waals surface area (Å²) in [5.41, 5.74) is 5.27. The number of rotatable bonds is 5. The quantitative estimate of drug-likeness (QED) is 0.351. The van der Waals surface area contributed by atoms with Crippen LogP contribution in [0.15, 0.2) is 70.6 Å². The first-order valence-electron chi connectivity index (χ1n) is 12.1. The number of hydrogen-bond donors (Lipinski definition) is 0. The van der Waals surface area contributed by atoms with E-state index in [1.807, 2.05) is 50.2 Å². The predicted molar refractivity (Wildman–Crippen MR) is 145 cm³/mol. The van der Waals surface area contributed by atoms with Gasteiger partial charge < -0.3 is 9.30 Å². The zero-order chi connectivity index (χ0) is 27.0. The highest BCUT2D eigenvalue weighted by atomic mass is 32.2. The molecule has 0 spiro atoms. The van der Waals surface area contributed by atoms with Crippen LogP contribution < -0.4 is 4.80 Å². The van der Waals surface area contributed by atoms with Gasteiger partial charge in [-0.05, 0) is 72.9 Å². The summed E-state index contributed by atoms with van der Waals surface area (Å²) in [7, 11) is -2.40. The van der Waals surface area contributed by atoms with Crippen LogP contribution >= 0.6 is 11.3 Å². The van der Waals surface area contributed by atoms with Gasteiger partial charge in [-0.3, -0.25) is 9.59 Å². The Kier molecular flexibility index (Phi) is 7.04. The average molecular weight is 550 g/mol. The standard InChI is InChI=1S/C28H27N3O5S2/c1-18-14-19(2)26-24(15-18)37-28(31(26)17-25(32)36-3)29-27(33)21-8-10-23(11-9-21)38(34,35)30-13-12-20-6-4-5-7-22(20)16-30/h4-11,14-15H,12-13,16-17H2,1-3H3. The van der Waals surface area contributed by atoms with Gasteiger partial charge in [0.25, 0.3) is 5.91 Å². The minimum absolute atomic E-state index is 0.0807. The third-order valence-corrected chi connectivity index (χ3v) is 9.54. The van der Waals surface area contributed by atoms with E-state index in [9.17, 15) is 18.0 Å². The molecule has 0 atom stereocenters. The van der Waals surface area contributed by atoms with Gasteiger partial charge in [-0.15, -0.1) is 0 Å². The van der Waals surface area contributed by atoms with E-state index in [0.717, 1.165) is 32.5 Å². The molecule has 0 aliphatic carbocycles. The monoisotopic (exact) mass is 549 g/mol. The molecular formula is C28H27N3O5S2. The van der Waals surface area contributed by atoms with Gasteiger partial charge in [-0.2, -0.15) is 9.30 Å². The molecule has 2 heterocycles. The summed E-state index contributed by atoms with van der Waals surface area (Å²) >= 11 is 1.31. The van der Waals surface area contributed by atoms with Crippen molar-refractivity contribution in [3.05, 3.63) is 93.3 Å². The van der Waals surface area contributed by atoms with E-state index in [-0.39, 0.29) is 17.0 Å². The molecular weight excluding hydrogens is 522 g/mol. The highest BCUT2D eigenvalue weighted by Gasteiger charge is 2.28. The summed E-state index contributed by atoms with van der Waals surface area (Å²) < 4.78 is 35.5. The fourth-order valence-corrected chi connectivity index (χ4v) is 7.39. The highest BCUT2D eigenvalue weighted by Crippen LogP contribution is 2.26. The SMILES string of the molecule is COC(=O)Cn1c(=NC(=O)c2ccc(S(=O)(=O)N3CCc4ccccc4C3)cc2)sc2cc(C)cc(C)c21. The van der Waals surface area contributed by atoms with Crippen LogP contribution in [0.5, 0.6) is 0 Å². The number of methoxy groups -OCH3 is 1. The summed E-state index contributed by atoms with van der Waals surface area (Å²) in [5.74, 6) is -0.978. The van der Waals surface area contributed by atoms with Gasteiger partial charge in [0, 0.05) is 18.7 Å². The van der Waals surface area contributed by atoms with E-state index >= 15 is 0 Å². The number of hydrogen-bond acceptors (Lipinski definition) is 6. The Balaban J connectivity index is 1.45. The fourth-order valence-electron chi connectivity index (χ4n) is 4.76. The number of sulfonamides is 1. The third kappa shape index (κ3) is 4.94. The zero-order valence-electron chi connectivity index (χ0n) is 21.3. The van der Waals surface area contributed by atoms with E-state index in [4.69, 9.17) is 4.74 Å². The smallest absolute Gasteiger partial charge is 0.325 e. The van der Waals surface area contributed by atoms with Crippen LogP contribution in [-0.4, -0.2) is 42.8 Å². The molecule has 38 heavy (non-hydrogen) atoms. The van der Waals surface area contributed by atoms with Crippen molar-refractivity contribution in [1.82, 2.24) is 8.87 Å². The molecule has 5 rings (SSSR count). The molecule has 0 unspecified atom stereocenters. The number of amides is 1. The largest absolute Gasteiger partial charge is 0.468 e. The van der Waals surface area contributed by atoms with E-state index in [0.29, 0.717) is 24.3 Å². The molecule has 10 heteroatoms. The van der Waals surface area contributed by atoms with Crippen LogP contribution in [0.25, 0.3) is 10.2 Å². The number of ether oxygens (including phenoxy) is 1. The lowest BCUT2D eigenvalue weighted by Crippen LogP contribution is -2.35. The summed E-state index contributed by atoms with van der Waals surface area (Å²) in [6, 6.07) is 17.7. The summed E-state index contributed by atoms with van der Waals surface area (Å²) in [6.07, 6.45) is 0.657. The second-order valence-corrected chi connectivity index (χ2v) is 12.2. The molecule has 1 aromatic heterocycles. The molecule has 0 radical (unpaired) electrons. The van der Waals surface area contributed by atoms with Crippen LogP contribution in [0.1, 0.15) is 32.6 Å². The Morgan fingerprint density at radius 1 is 1.03 bits per heavy atom. The predicted octanol–water partition coefficient (Wildman–Crippen LogP) is 3.98. The Labute approximate surface area is 224 Å². The topological polar surface area (TPSA) is 98.0 Å². The van der Waals surface area contributed by atoms with Crippen molar-refractivity contribution >= 4 is 43.5 Å². The molecule has 0 saturated heterocycles. The van der Waals surface area contributed by atoms with E-state index in [1.165, 1.54) is 47.0 Å². The molecule has 1 aliphatic heterocycles. The Bertz CT molecular complexity index is 1730. The second kappa shape index (κ2) is 10.3. The maximum atomic E-state index is 13.3. The van der Waals surface area contributed by atoms with Crippen LogP contribution in [0.4, 0.5) is 0 Å². The molecule has 0 saturated carbocycles. The number of fused-ring (bicyclic) bond motifs is 2. The minimum atomic E-state index is -3.72. The maximum absolute atomic E-state index is 13.3. The molecule has 8 nitrogen and oxygen atoms in total. The molecule has 0 fully saturated rings. The molecule has 0 N–H and O–H groups in total. The summed E-state index contributed by atoms with van der Waals surface area (Å²) in [5, 5.41) is 0. The van der Waals surface area contributed by atoms with Crippen molar-refractivity contribution < 1.29 is 22.7 Å². The maximum Gasteiger partial charge on any atom is 0.325 e. The van der Waals surface area contributed by atoms with Gasteiger partial charge in [-0.1, -0.05) is 41.7 Å². The second-order valence-electron chi connectivity index (χ2n) is 9.27. The van der Waals surface area contributed by atoms with E-state index in [2.05, 4.69) is 4.99 Å². The number of carbonyl (C=O) groups is 2. The fraction of sp³-hybridized carbons (Fsp3) is 0.250. The lowest BCUT2D eigenvalue weighted by atomic mass is 10.0. The minimum Gasteiger partial charge on any atom is -0.468 e. The molecule has 1 amide bonds. The summed E-state index contributed by atoms with van der Waals surface area (Å²) in [6.45, 7) is 4.57. The number of esters is 1. The first kappa shape index (κ1) is 26.0. The first-order chi connectivity index (χ1) is 18.2. The van der Waals surface area contributed by atoms with Gasteiger partial charge >= 0.3 is 5.97 Å². The Hall–Kier alpha value is -3.60. The van der Waals surface area contributed by atoms with Crippen molar-refractivity contribution in [2.45, 2.75) is 38.3 Å². The number of carbonyl (C=O) groups excluding carboxylic acids is 2. The van der Waals surface area contributed by atoms with Crippen molar-refractivity contribution in [1.29, 1.82) is 0 Å². The normalized spacial score (nSPS) is 14.4. The molecule has 1 aliphatic rings. The molecule has 4 aromatic rings. The van der Waals surface area contributed by atoms with E-state index in [1.54, 1.807) is 4.57 Å². The zero-order valence-corrected chi connectivity index (χ0v) is 22.9. The number of nitrogens with zero attached hydrogens (tertiary/aromatic N) is 3. The van der Waals surface area contributed by atoms with Crippen LogP contribution in [0.2, 0.25) is 0 Å². The van der Waals surface area contributed by atoms with Crippen LogP contribution in [0, 0.1) is 13.8 Å². The molecule has 3 aromatic carbocycles. The number of aryl methyl sites for hydroxylation is 2. The number of aromatic nitrogens is 1. The van der Waals surface area contributed by atoms with Gasteiger partial charge in [0.2, 0.25) is 10.0 Å². The van der Waals surface area contributed by atoms with Crippen molar-refractivity contribution in [2.24, 2.45) is 4.99 Å². The van der Waals surface area contributed by atoms with Crippen molar-refractivity contribution in [3.63, 3.8) is 0 Å². The van der Waals surface area contributed by atoms with Crippen molar-refractivity contribution in [3.8, 4) is 0 Å². The number of benzene rings is 3. The molecule has 0 bridgehead atoms. The average Bonchev–Trinajstić information content (AvgIpc) is 3.24. The molecule has 196 valence electrons. The Morgan fingerprint density at radius 2 is 1.74 bits per heavy atom. The first-order valence-corrected chi connectivity index (χ1v) is 14.4. The van der Waals surface area contributed by atoms with Crippen LogP contribution in [-0.2, 0) is 39.1 Å². The van der Waals surface area contributed by atoms with Crippen LogP contribution in [0.3, 0.4) is 0 Å².